The first-order chi connectivity index (χ1) is 8.24. The maximum Gasteiger partial charge on any atom is 0.237 e. The molecule has 2 rings (SSSR count). The molecule has 1 unspecified atom stereocenters. The van der Waals surface area contributed by atoms with Crippen LogP contribution in [0.4, 0.5) is 0 Å². The highest BCUT2D eigenvalue weighted by Gasteiger charge is 2.08. The summed E-state index contributed by atoms with van der Waals surface area (Å²) in [7, 11) is 0. The minimum atomic E-state index is 0.0576. The molecule has 0 aliphatic carbocycles. The Hall–Kier alpha value is -1.33. The van der Waals surface area contributed by atoms with Gasteiger partial charge in [-0.3, -0.25) is 0 Å². The monoisotopic (exact) mass is 249 g/mol. The van der Waals surface area contributed by atoms with E-state index in [1.807, 2.05) is 25.1 Å². The van der Waals surface area contributed by atoms with Gasteiger partial charge >= 0.3 is 0 Å². The van der Waals surface area contributed by atoms with E-state index in [1.54, 1.807) is 11.8 Å². The normalized spacial score (nSPS) is 12.6. The predicted octanol–water partition coefficient (Wildman–Crippen LogP) is 2.25. The molecular formula is C12H15N3OS. The van der Waals surface area contributed by atoms with Crippen molar-refractivity contribution in [2.45, 2.75) is 30.0 Å². The second-order valence-corrected chi connectivity index (χ2v) is 4.94. The Bertz CT molecular complexity index is 456. The number of thioether (sulfide) groups is 1. The first-order valence-corrected chi connectivity index (χ1v) is 6.47. The van der Waals surface area contributed by atoms with Crippen LogP contribution >= 0.6 is 11.8 Å². The Labute approximate surface area is 105 Å². The SMILES string of the molecule is CC(N)Cc1noc(CSc2ccccc2)n1. The van der Waals surface area contributed by atoms with E-state index in [1.165, 1.54) is 4.90 Å². The molecule has 0 bridgehead atoms. The van der Waals surface area contributed by atoms with Crippen LogP contribution in [0.1, 0.15) is 18.6 Å². The van der Waals surface area contributed by atoms with Crippen molar-refractivity contribution < 1.29 is 4.52 Å². The Morgan fingerprint density at radius 3 is 2.82 bits per heavy atom. The van der Waals surface area contributed by atoms with Crippen LogP contribution in [0.15, 0.2) is 39.8 Å². The van der Waals surface area contributed by atoms with E-state index in [-0.39, 0.29) is 6.04 Å². The van der Waals surface area contributed by atoms with Gasteiger partial charge in [0.25, 0.3) is 0 Å². The Balaban J connectivity index is 1.89. The zero-order valence-electron chi connectivity index (χ0n) is 9.67. The van der Waals surface area contributed by atoms with Gasteiger partial charge in [-0.15, -0.1) is 11.8 Å². The van der Waals surface area contributed by atoms with Gasteiger partial charge in [-0.05, 0) is 19.1 Å². The summed E-state index contributed by atoms with van der Waals surface area (Å²) < 4.78 is 5.15. The lowest BCUT2D eigenvalue weighted by atomic mass is 10.2. The fourth-order valence-electron chi connectivity index (χ4n) is 1.38. The van der Waals surface area contributed by atoms with Crippen molar-refractivity contribution in [3.63, 3.8) is 0 Å². The molecule has 90 valence electrons. The summed E-state index contributed by atoms with van der Waals surface area (Å²) in [6.07, 6.45) is 0.652. The molecule has 0 aliphatic heterocycles. The molecule has 1 heterocycles. The molecule has 0 fully saturated rings. The molecule has 1 atom stereocenters. The summed E-state index contributed by atoms with van der Waals surface area (Å²) >= 11 is 1.68. The van der Waals surface area contributed by atoms with E-state index in [4.69, 9.17) is 10.3 Å². The summed E-state index contributed by atoms with van der Waals surface area (Å²) in [5.41, 5.74) is 5.67. The van der Waals surface area contributed by atoms with Gasteiger partial charge in [0.2, 0.25) is 5.89 Å². The molecule has 0 spiro atoms. The molecule has 2 N–H and O–H groups in total. The zero-order valence-corrected chi connectivity index (χ0v) is 10.5. The second kappa shape index (κ2) is 5.84. The van der Waals surface area contributed by atoms with E-state index in [9.17, 15) is 0 Å². The van der Waals surface area contributed by atoms with Crippen molar-refractivity contribution in [1.82, 2.24) is 10.1 Å². The number of hydrogen-bond acceptors (Lipinski definition) is 5. The third-order valence-corrected chi connectivity index (χ3v) is 3.12. The van der Waals surface area contributed by atoms with Gasteiger partial charge in [0.15, 0.2) is 5.82 Å². The second-order valence-electron chi connectivity index (χ2n) is 3.89. The van der Waals surface area contributed by atoms with Crippen LogP contribution in [0, 0.1) is 0 Å². The lowest BCUT2D eigenvalue weighted by molar-refractivity contribution is 0.383. The van der Waals surface area contributed by atoms with Crippen molar-refractivity contribution in [1.29, 1.82) is 0 Å². The van der Waals surface area contributed by atoms with Crippen molar-refractivity contribution in [3.8, 4) is 0 Å². The first-order valence-electron chi connectivity index (χ1n) is 5.49. The number of rotatable bonds is 5. The van der Waals surface area contributed by atoms with Crippen LogP contribution < -0.4 is 5.73 Å². The lowest BCUT2D eigenvalue weighted by Gasteiger charge is -1.97. The molecular weight excluding hydrogens is 234 g/mol. The van der Waals surface area contributed by atoms with Crippen LogP contribution in [-0.2, 0) is 12.2 Å². The molecule has 0 saturated heterocycles. The fourth-order valence-corrected chi connectivity index (χ4v) is 2.14. The highest BCUT2D eigenvalue weighted by atomic mass is 32.2. The topological polar surface area (TPSA) is 64.9 Å². The molecule has 0 radical (unpaired) electrons. The van der Waals surface area contributed by atoms with E-state index >= 15 is 0 Å². The Kier molecular flexibility index (Phi) is 4.17. The average molecular weight is 249 g/mol. The Morgan fingerprint density at radius 1 is 1.35 bits per heavy atom. The standard InChI is InChI=1S/C12H15N3OS/c1-9(13)7-11-14-12(16-15-11)8-17-10-5-3-2-4-6-10/h2-6,9H,7-8,13H2,1H3. The number of nitrogens with zero attached hydrogens (tertiary/aromatic N) is 2. The maximum absolute atomic E-state index is 5.67. The summed E-state index contributed by atoms with van der Waals surface area (Å²) in [4.78, 5) is 5.48. The van der Waals surface area contributed by atoms with Gasteiger partial charge < -0.3 is 10.3 Å². The number of nitrogens with two attached hydrogens (primary N) is 1. The van der Waals surface area contributed by atoms with E-state index < -0.39 is 0 Å². The summed E-state index contributed by atoms with van der Waals surface area (Å²) in [5, 5.41) is 3.89. The summed E-state index contributed by atoms with van der Waals surface area (Å²) in [6.45, 7) is 1.93. The van der Waals surface area contributed by atoms with Crippen molar-refractivity contribution in [2.24, 2.45) is 5.73 Å². The van der Waals surface area contributed by atoms with Gasteiger partial charge in [0.1, 0.15) is 0 Å². The van der Waals surface area contributed by atoms with Gasteiger partial charge in [0.05, 0.1) is 5.75 Å². The summed E-state index contributed by atoms with van der Waals surface area (Å²) in [5.74, 6) is 2.02. The Morgan fingerprint density at radius 2 is 2.12 bits per heavy atom. The van der Waals surface area contributed by atoms with Gasteiger partial charge in [-0.2, -0.15) is 4.98 Å². The molecule has 4 nitrogen and oxygen atoms in total. The third-order valence-electron chi connectivity index (χ3n) is 2.12. The van der Waals surface area contributed by atoms with Crippen molar-refractivity contribution >= 4 is 11.8 Å². The van der Waals surface area contributed by atoms with E-state index in [0.717, 1.165) is 0 Å². The minimum Gasteiger partial charge on any atom is -0.338 e. The molecule has 2 aromatic rings. The van der Waals surface area contributed by atoms with Crippen molar-refractivity contribution in [3.05, 3.63) is 42.0 Å². The third kappa shape index (κ3) is 3.87. The van der Waals surface area contributed by atoms with E-state index in [0.29, 0.717) is 23.9 Å². The largest absolute Gasteiger partial charge is 0.338 e. The molecule has 5 heteroatoms. The fraction of sp³-hybridized carbons (Fsp3) is 0.333. The molecule has 0 amide bonds. The lowest BCUT2D eigenvalue weighted by Crippen LogP contribution is -2.18. The van der Waals surface area contributed by atoms with Crippen LogP contribution in [0.2, 0.25) is 0 Å². The maximum atomic E-state index is 5.67. The molecule has 0 aliphatic rings. The number of benzene rings is 1. The predicted molar refractivity (Wildman–Crippen MR) is 67.7 cm³/mol. The first kappa shape index (κ1) is 12.1. The van der Waals surface area contributed by atoms with Gasteiger partial charge in [-0.25, -0.2) is 0 Å². The number of hydrogen-bond donors (Lipinski definition) is 1. The van der Waals surface area contributed by atoms with Gasteiger partial charge in [0, 0.05) is 17.4 Å². The highest BCUT2D eigenvalue weighted by molar-refractivity contribution is 7.98. The summed E-state index contributed by atoms with van der Waals surface area (Å²) in [6, 6.07) is 10.2. The molecule has 0 saturated carbocycles. The molecule has 17 heavy (non-hydrogen) atoms. The van der Waals surface area contributed by atoms with Gasteiger partial charge in [-0.1, -0.05) is 23.4 Å². The highest BCUT2D eigenvalue weighted by Crippen LogP contribution is 2.21. The van der Waals surface area contributed by atoms with Crippen LogP contribution in [0.25, 0.3) is 0 Å². The smallest absolute Gasteiger partial charge is 0.237 e. The van der Waals surface area contributed by atoms with Crippen LogP contribution in [0.5, 0.6) is 0 Å². The number of aromatic nitrogens is 2. The zero-order chi connectivity index (χ0) is 12.1. The molecule has 1 aromatic carbocycles. The van der Waals surface area contributed by atoms with Crippen molar-refractivity contribution in [2.75, 3.05) is 0 Å². The van der Waals surface area contributed by atoms with Crippen LogP contribution in [0.3, 0.4) is 0 Å². The van der Waals surface area contributed by atoms with Crippen LogP contribution in [-0.4, -0.2) is 16.2 Å². The minimum absolute atomic E-state index is 0.0576. The molecule has 1 aromatic heterocycles. The van der Waals surface area contributed by atoms with E-state index in [2.05, 4.69) is 22.3 Å². The average Bonchev–Trinajstić information content (AvgIpc) is 2.75. The quantitative estimate of drug-likeness (QED) is 0.823.